The maximum absolute atomic E-state index is 12.6. The Hall–Kier alpha value is -3.28. The van der Waals surface area contributed by atoms with Crippen molar-refractivity contribution in [3.8, 4) is 0 Å². The molecule has 0 spiro atoms. The fourth-order valence-electron chi connectivity index (χ4n) is 2.55. The van der Waals surface area contributed by atoms with Crippen molar-refractivity contribution in [1.29, 1.82) is 0 Å². The average molecular weight is 347 g/mol. The van der Waals surface area contributed by atoms with Crippen LogP contribution in [0.4, 0.5) is 11.6 Å². The first-order chi connectivity index (χ1) is 12.6. The number of rotatable bonds is 6. The third kappa shape index (κ3) is 4.42. The molecule has 26 heavy (non-hydrogen) atoms. The third-order valence-corrected chi connectivity index (χ3v) is 3.89. The summed E-state index contributed by atoms with van der Waals surface area (Å²) >= 11 is 0. The molecule has 2 aromatic heterocycles. The zero-order valence-corrected chi connectivity index (χ0v) is 14.8. The third-order valence-electron chi connectivity index (χ3n) is 3.89. The van der Waals surface area contributed by atoms with Gasteiger partial charge in [-0.3, -0.25) is 9.78 Å². The molecule has 6 heteroatoms. The summed E-state index contributed by atoms with van der Waals surface area (Å²) in [6, 6.07) is 13.2. The van der Waals surface area contributed by atoms with E-state index in [9.17, 15) is 4.79 Å². The first kappa shape index (κ1) is 17.5. The number of carbonyl (C=O) groups excluding carboxylic acids is 1. The fourth-order valence-corrected chi connectivity index (χ4v) is 2.55. The zero-order chi connectivity index (χ0) is 18.4. The molecule has 0 saturated heterocycles. The Bertz CT molecular complexity index is 880. The minimum atomic E-state index is -0.259. The van der Waals surface area contributed by atoms with E-state index in [4.69, 9.17) is 0 Å². The van der Waals surface area contributed by atoms with Crippen molar-refractivity contribution in [2.75, 3.05) is 10.6 Å². The number of anilines is 2. The summed E-state index contributed by atoms with van der Waals surface area (Å²) in [7, 11) is 0. The van der Waals surface area contributed by atoms with Crippen molar-refractivity contribution >= 4 is 17.5 Å². The number of hydrogen-bond acceptors (Lipinski definition) is 5. The van der Waals surface area contributed by atoms with Gasteiger partial charge in [-0.05, 0) is 35.2 Å². The molecule has 1 amide bonds. The molecule has 0 aliphatic heterocycles. The van der Waals surface area contributed by atoms with Gasteiger partial charge in [0.1, 0.15) is 5.69 Å². The van der Waals surface area contributed by atoms with E-state index in [-0.39, 0.29) is 5.91 Å². The van der Waals surface area contributed by atoms with Crippen molar-refractivity contribution in [2.24, 2.45) is 0 Å². The predicted molar refractivity (Wildman–Crippen MR) is 102 cm³/mol. The van der Waals surface area contributed by atoms with Crippen molar-refractivity contribution in [3.05, 3.63) is 77.9 Å². The van der Waals surface area contributed by atoms with E-state index >= 15 is 0 Å². The van der Waals surface area contributed by atoms with Crippen LogP contribution in [-0.2, 0) is 6.54 Å². The van der Waals surface area contributed by atoms with Gasteiger partial charge < -0.3 is 10.6 Å². The molecule has 0 atom stereocenters. The van der Waals surface area contributed by atoms with Crippen LogP contribution in [0.3, 0.4) is 0 Å². The van der Waals surface area contributed by atoms with Crippen LogP contribution in [0.5, 0.6) is 0 Å². The highest BCUT2D eigenvalue weighted by molar-refractivity contribution is 6.03. The highest BCUT2D eigenvalue weighted by Crippen LogP contribution is 2.24. The van der Waals surface area contributed by atoms with Gasteiger partial charge in [0.2, 0.25) is 5.95 Å². The lowest BCUT2D eigenvalue weighted by molar-refractivity contribution is 0.102. The number of benzene rings is 1. The summed E-state index contributed by atoms with van der Waals surface area (Å²) in [6.07, 6.45) is 5.06. The molecule has 0 aliphatic rings. The van der Waals surface area contributed by atoms with E-state index < -0.39 is 0 Å². The zero-order valence-electron chi connectivity index (χ0n) is 14.8. The van der Waals surface area contributed by atoms with Crippen LogP contribution in [0, 0.1) is 0 Å². The van der Waals surface area contributed by atoms with E-state index in [2.05, 4.69) is 39.4 Å². The van der Waals surface area contributed by atoms with E-state index in [1.807, 2.05) is 36.4 Å². The van der Waals surface area contributed by atoms with Gasteiger partial charge in [-0.25, -0.2) is 9.97 Å². The Morgan fingerprint density at radius 1 is 1.08 bits per heavy atom. The van der Waals surface area contributed by atoms with E-state index in [0.717, 1.165) is 16.8 Å². The van der Waals surface area contributed by atoms with Gasteiger partial charge >= 0.3 is 0 Å². The van der Waals surface area contributed by atoms with E-state index in [1.54, 1.807) is 24.7 Å². The van der Waals surface area contributed by atoms with Crippen molar-refractivity contribution < 1.29 is 4.79 Å². The number of carbonyl (C=O) groups is 1. The standard InChI is InChI=1S/C20H21N5O/c1-14(2)16-7-3-4-8-17(16)24-19(26)18-9-11-22-20(25-18)23-13-15-6-5-10-21-12-15/h3-12,14H,13H2,1-2H3,(H,24,26)(H,22,23,25). The summed E-state index contributed by atoms with van der Waals surface area (Å²) in [5, 5.41) is 6.05. The molecule has 2 N–H and O–H groups in total. The first-order valence-corrected chi connectivity index (χ1v) is 8.49. The minimum Gasteiger partial charge on any atom is -0.350 e. The van der Waals surface area contributed by atoms with E-state index in [0.29, 0.717) is 24.1 Å². The molecule has 0 fully saturated rings. The second-order valence-corrected chi connectivity index (χ2v) is 6.18. The number of hydrogen-bond donors (Lipinski definition) is 2. The van der Waals surface area contributed by atoms with Crippen molar-refractivity contribution in [2.45, 2.75) is 26.3 Å². The molecule has 0 bridgehead atoms. The van der Waals surface area contributed by atoms with Gasteiger partial charge in [-0.15, -0.1) is 0 Å². The minimum absolute atomic E-state index is 0.259. The summed E-state index contributed by atoms with van der Waals surface area (Å²) in [5.41, 5.74) is 3.21. The van der Waals surface area contributed by atoms with Gasteiger partial charge in [0.15, 0.2) is 0 Å². The summed E-state index contributed by atoms with van der Waals surface area (Å²) < 4.78 is 0. The molecule has 1 aromatic carbocycles. The second kappa shape index (κ2) is 8.20. The Balaban J connectivity index is 1.70. The lowest BCUT2D eigenvalue weighted by Gasteiger charge is -2.13. The van der Waals surface area contributed by atoms with E-state index in [1.165, 1.54) is 0 Å². The molecule has 0 saturated carbocycles. The highest BCUT2D eigenvalue weighted by atomic mass is 16.1. The molecular formula is C20H21N5O. The summed E-state index contributed by atoms with van der Waals surface area (Å²) in [4.78, 5) is 25.1. The van der Waals surface area contributed by atoms with Crippen LogP contribution >= 0.6 is 0 Å². The maximum Gasteiger partial charge on any atom is 0.274 e. The van der Waals surface area contributed by atoms with Crippen LogP contribution in [0.2, 0.25) is 0 Å². The summed E-state index contributed by atoms with van der Waals surface area (Å²) in [5.74, 6) is 0.456. The van der Waals surface area contributed by atoms with Crippen LogP contribution in [0.1, 0.15) is 41.4 Å². The predicted octanol–water partition coefficient (Wildman–Crippen LogP) is 3.86. The van der Waals surface area contributed by atoms with Gasteiger partial charge in [-0.2, -0.15) is 0 Å². The lowest BCUT2D eigenvalue weighted by Crippen LogP contribution is -2.16. The Morgan fingerprint density at radius 3 is 2.69 bits per heavy atom. The number of pyridine rings is 1. The Kier molecular flexibility index (Phi) is 5.53. The molecule has 132 valence electrons. The largest absolute Gasteiger partial charge is 0.350 e. The van der Waals surface area contributed by atoms with Crippen LogP contribution in [0.15, 0.2) is 61.1 Å². The maximum atomic E-state index is 12.6. The number of aromatic nitrogens is 3. The molecule has 0 aliphatic carbocycles. The smallest absolute Gasteiger partial charge is 0.274 e. The lowest BCUT2D eigenvalue weighted by atomic mass is 10.0. The molecule has 3 rings (SSSR count). The van der Waals surface area contributed by atoms with Crippen LogP contribution < -0.4 is 10.6 Å². The van der Waals surface area contributed by atoms with Crippen LogP contribution in [-0.4, -0.2) is 20.9 Å². The fraction of sp³-hybridized carbons (Fsp3) is 0.200. The van der Waals surface area contributed by atoms with Gasteiger partial charge in [0.05, 0.1) is 0 Å². The quantitative estimate of drug-likeness (QED) is 0.708. The number of amides is 1. The van der Waals surface area contributed by atoms with Crippen molar-refractivity contribution in [1.82, 2.24) is 15.0 Å². The van der Waals surface area contributed by atoms with Gasteiger partial charge in [-0.1, -0.05) is 38.1 Å². The highest BCUT2D eigenvalue weighted by Gasteiger charge is 2.12. The molecule has 6 nitrogen and oxygen atoms in total. The topological polar surface area (TPSA) is 79.8 Å². The van der Waals surface area contributed by atoms with Gasteiger partial charge in [0.25, 0.3) is 5.91 Å². The second-order valence-electron chi connectivity index (χ2n) is 6.18. The molecule has 0 radical (unpaired) electrons. The summed E-state index contributed by atoms with van der Waals surface area (Å²) in [6.45, 7) is 4.72. The first-order valence-electron chi connectivity index (χ1n) is 8.49. The Labute approximate surface area is 152 Å². The average Bonchev–Trinajstić information content (AvgIpc) is 2.67. The molecule has 0 unspecified atom stereocenters. The van der Waals surface area contributed by atoms with Crippen molar-refractivity contribution in [3.63, 3.8) is 0 Å². The number of nitrogens with zero attached hydrogens (tertiary/aromatic N) is 3. The molecule has 2 heterocycles. The monoisotopic (exact) mass is 347 g/mol. The number of nitrogens with one attached hydrogen (secondary N) is 2. The molecule has 3 aromatic rings. The normalized spacial score (nSPS) is 10.6. The van der Waals surface area contributed by atoms with Gasteiger partial charge in [0, 0.05) is 30.8 Å². The molecular weight excluding hydrogens is 326 g/mol. The van der Waals surface area contributed by atoms with Crippen LogP contribution in [0.25, 0.3) is 0 Å². The Morgan fingerprint density at radius 2 is 1.92 bits per heavy atom. The SMILES string of the molecule is CC(C)c1ccccc1NC(=O)c1ccnc(NCc2cccnc2)n1. The number of para-hydroxylation sites is 1.